The van der Waals surface area contributed by atoms with Gasteiger partial charge in [-0.2, -0.15) is 0 Å². The number of nitrogens with zero attached hydrogens (tertiary/aromatic N) is 2. The number of ether oxygens (including phenoxy) is 1. The van der Waals surface area contributed by atoms with Crippen LogP contribution in [0.3, 0.4) is 0 Å². The predicted octanol–water partition coefficient (Wildman–Crippen LogP) is 3.33. The van der Waals surface area contributed by atoms with Crippen LogP contribution in [0.5, 0.6) is 0 Å². The highest BCUT2D eigenvalue weighted by atomic mass is 32.1. The molecule has 5 heteroatoms. The van der Waals surface area contributed by atoms with Gasteiger partial charge in [-0.25, -0.2) is 4.98 Å². The maximum Gasteiger partial charge on any atom is 0.264 e. The molecule has 0 spiro atoms. The van der Waals surface area contributed by atoms with Crippen molar-refractivity contribution in [2.45, 2.75) is 33.7 Å². The second-order valence-corrected chi connectivity index (χ2v) is 6.54. The first-order chi connectivity index (χ1) is 9.86. The fraction of sp³-hybridized carbons (Fsp3) is 0.500. The van der Waals surface area contributed by atoms with Crippen LogP contribution in [-0.4, -0.2) is 42.6 Å². The van der Waals surface area contributed by atoms with E-state index in [1.54, 1.807) is 12.0 Å². The van der Waals surface area contributed by atoms with Crippen molar-refractivity contribution < 1.29 is 9.53 Å². The van der Waals surface area contributed by atoms with Gasteiger partial charge in [0.05, 0.1) is 17.5 Å². The number of pyridine rings is 1. The normalized spacial score (nSPS) is 12.7. The Labute approximate surface area is 129 Å². The van der Waals surface area contributed by atoms with Crippen LogP contribution in [0.2, 0.25) is 0 Å². The van der Waals surface area contributed by atoms with Crippen molar-refractivity contribution in [3.8, 4) is 0 Å². The molecule has 2 rings (SSSR count). The molecule has 0 saturated heterocycles. The van der Waals surface area contributed by atoms with Crippen LogP contribution < -0.4 is 0 Å². The third-order valence-electron chi connectivity index (χ3n) is 3.81. The van der Waals surface area contributed by atoms with Gasteiger partial charge in [-0.15, -0.1) is 11.3 Å². The topological polar surface area (TPSA) is 42.4 Å². The minimum Gasteiger partial charge on any atom is -0.383 e. The lowest BCUT2D eigenvalue weighted by molar-refractivity contribution is 0.0637. The Kier molecular flexibility index (Phi) is 4.64. The van der Waals surface area contributed by atoms with Gasteiger partial charge in [0.15, 0.2) is 0 Å². The number of rotatable bonds is 4. The molecule has 0 N–H and O–H groups in total. The molecule has 2 aromatic heterocycles. The van der Waals surface area contributed by atoms with E-state index in [1.165, 1.54) is 16.9 Å². The van der Waals surface area contributed by atoms with E-state index in [1.807, 2.05) is 27.8 Å². The van der Waals surface area contributed by atoms with Crippen LogP contribution in [0.4, 0.5) is 0 Å². The summed E-state index contributed by atoms with van der Waals surface area (Å²) >= 11 is 1.48. The number of hydrogen-bond donors (Lipinski definition) is 0. The molecule has 0 bridgehead atoms. The molecule has 0 fully saturated rings. The van der Waals surface area contributed by atoms with E-state index in [0.717, 1.165) is 26.4 Å². The Bertz CT molecular complexity index is 678. The Hall–Kier alpha value is -1.46. The monoisotopic (exact) mass is 306 g/mol. The molecule has 1 unspecified atom stereocenters. The van der Waals surface area contributed by atoms with Crippen LogP contribution in [0.25, 0.3) is 10.2 Å². The van der Waals surface area contributed by atoms with Gasteiger partial charge < -0.3 is 9.64 Å². The molecule has 0 radical (unpaired) electrons. The summed E-state index contributed by atoms with van der Waals surface area (Å²) in [6, 6.07) is 2.11. The fourth-order valence-electron chi connectivity index (χ4n) is 2.54. The number of carbonyl (C=O) groups is 1. The standard InChI is InChI=1S/C16H22N2O2S/c1-9-7-10(2)17-15-13(9)12(4)14(21-15)16(19)18(5)11(3)8-20-6/h7,11H,8H2,1-6H3. The molecule has 0 saturated carbocycles. The molecule has 114 valence electrons. The molecule has 1 amide bonds. The van der Waals surface area contributed by atoms with Gasteiger partial charge in [0.2, 0.25) is 0 Å². The van der Waals surface area contributed by atoms with Gasteiger partial charge in [0, 0.05) is 25.2 Å². The zero-order valence-corrected chi connectivity index (χ0v) is 14.3. The largest absolute Gasteiger partial charge is 0.383 e. The highest BCUT2D eigenvalue weighted by Gasteiger charge is 2.23. The Balaban J connectivity index is 2.45. The van der Waals surface area contributed by atoms with E-state index in [-0.39, 0.29) is 11.9 Å². The third-order valence-corrected chi connectivity index (χ3v) is 4.98. The smallest absolute Gasteiger partial charge is 0.264 e. The fourth-order valence-corrected chi connectivity index (χ4v) is 3.82. The maximum atomic E-state index is 12.7. The molecule has 4 nitrogen and oxygen atoms in total. The minimum absolute atomic E-state index is 0.0390. The van der Waals surface area contributed by atoms with Crippen molar-refractivity contribution in [2.75, 3.05) is 20.8 Å². The van der Waals surface area contributed by atoms with Crippen LogP contribution in [-0.2, 0) is 4.74 Å². The second kappa shape index (κ2) is 6.12. The van der Waals surface area contributed by atoms with Gasteiger partial charge in [0.25, 0.3) is 5.91 Å². The first kappa shape index (κ1) is 15.9. The van der Waals surface area contributed by atoms with Gasteiger partial charge in [-0.05, 0) is 44.9 Å². The minimum atomic E-state index is 0.0390. The first-order valence-electron chi connectivity index (χ1n) is 7.00. The van der Waals surface area contributed by atoms with Crippen molar-refractivity contribution in [1.29, 1.82) is 0 Å². The van der Waals surface area contributed by atoms with E-state index in [9.17, 15) is 4.79 Å². The quantitative estimate of drug-likeness (QED) is 0.870. The van der Waals surface area contributed by atoms with E-state index in [4.69, 9.17) is 4.74 Å². The average Bonchev–Trinajstić information content (AvgIpc) is 2.74. The molecule has 2 aromatic rings. The highest BCUT2D eigenvalue weighted by molar-refractivity contribution is 7.20. The predicted molar refractivity (Wildman–Crippen MR) is 87.3 cm³/mol. The van der Waals surface area contributed by atoms with E-state index in [0.29, 0.717) is 6.61 Å². The number of methoxy groups -OCH3 is 1. The van der Waals surface area contributed by atoms with Crippen molar-refractivity contribution in [3.63, 3.8) is 0 Å². The van der Waals surface area contributed by atoms with Crippen molar-refractivity contribution in [2.24, 2.45) is 0 Å². The summed E-state index contributed by atoms with van der Waals surface area (Å²) in [4.78, 5) is 20.7. The Morgan fingerprint density at radius 2 is 2.10 bits per heavy atom. The maximum absolute atomic E-state index is 12.7. The van der Waals surface area contributed by atoms with Crippen LogP contribution in [0, 0.1) is 20.8 Å². The summed E-state index contributed by atoms with van der Waals surface area (Å²) in [5, 5.41) is 1.11. The van der Waals surface area contributed by atoms with Crippen molar-refractivity contribution >= 4 is 27.5 Å². The van der Waals surface area contributed by atoms with E-state index in [2.05, 4.69) is 18.0 Å². The summed E-state index contributed by atoms with van der Waals surface area (Å²) in [6.07, 6.45) is 0. The van der Waals surface area contributed by atoms with Crippen LogP contribution in [0.1, 0.15) is 33.4 Å². The van der Waals surface area contributed by atoms with Gasteiger partial charge in [-0.3, -0.25) is 4.79 Å². The molecule has 0 aromatic carbocycles. The highest BCUT2D eigenvalue weighted by Crippen LogP contribution is 2.33. The average molecular weight is 306 g/mol. The number of aromatic nitrogens is 1. The number of fused-ring (bicyclic) bond motifs is 1. The summed E-state index contributed by atoms with van der Waals surface area (Å²) in [5.41, 5.74) is 3.20. The Morgan fingerprint density at radius 1 is 1.43 bits per heavy atom. The molecule has 2 heterocycles. The zero-order chi connectivity index (χ0) is 15.7. The molecule has 1 atom stereocenters. The number of carbonyl (C=O) groups excluding carboxylic acids is 1. The lowest BCUT2D eigenvalue weighted by Gasteiger charge is -2.24. The van der Waals surface area contributed by atoms with Gasteiger partial charge >= 0.3 is 0 Å². The van der Waals surface area contributed by atoms with Crippen LogP contribution >= 0.6 is 11.3 Å². The Morgan fingerprint density at radius 3 is 2.71 bits per heavy atom. The molecular formula is C16H22N2O2S. The first-order valence-corrected chi connectivity index (χ1v) is 7.81. The molecule has 0 aliphatic rings. The number of thiophene rings is 1. The van der Waals surface area contributed by atoms with Gasteiger partial charge in [-0.1, -0.05) is 0 Å². The number of amides is 1. The number of hydrogen-bond acceptors (Lipinski definition) is 4. The summed E-state index contributed by atoms with van der Waals surface area (Å²) < 4.78 is 5.13. The summed E-state index contributed by atoms with van der Waals surface area (Å²) in [6.45, 7) is 8.57. The molecule has 0 aliphatic carbocycles. The van der Waals surface area contributed by atoms with E-state index >= 15 is 0 Å². The summed E-state index contributed by atoms with van der Waals surface area (Å²) in [7, 11) is 3.47. The molecule has 21 heavy (non-hydrogen) atoms. The van der Waals surface area contributed by atoms with Crippen LogP contribution in [0.15, 0.2) is 6.07 Å². The number of likely N-dealkylation sites (N-methyl/N-ethyl adjacent to an activating group) is 1. The van der Waals surface area contributed by atoms with Crippen molar-refractivity contribution in [3.05, 3.63) is 27.8 Å². The lowest BCUT2D eigenvalue weighted by atomic mass is 10.1. The molecular weight excluding hydrogens is 284 g/mol. The van der Waals surface area contributed by atoms with E-state index < -0.39 is 0 Å². The summed E-state index contributed by atoms with van der Waals surface area (Å²) in [5.74, 6) is 0.0390. The lowest BCUT2D eigenvalue weighted by Crippen LogP contribution is -2.37. The molecule has 0 aliphatic heterocycles. The van der Waals surface area contributed by atoms with Crippen molar-refractivity contribution in [1.82, 2.24) is 9.88 Å². The zero-order valence-electron chi connectivity index (χ0n) is 13.5. The second-order valence-electron chi connectivity index (χ2n) is 5.54. The van der Waals surface area contributed by atoms with Gasteiger partial charge in [0.1, 0.15) is 4.83 Å². The third kappa shape index (κ3) is 2.94. The SMILES string of the molecule is COCC(C)N(C)C(=O)c1sc2nc(C)cc(C)c2c1C. The number of aryl methyl sites for hydroxylation is 3.